The first kappa shape index (κ1) is 20.4. The molecule has 5 heterocycles. The van der Waals surface area contributed by atoms with Gasteiger partial charge in [-0.25, -0.2) is 14.4 Å². The first-order valence-electron chi connectivity index (χ1n) is 11.1. The molecule has 0 atom stereocenters. The highest BCUT2D eigenvalue weighted by Gasteiger charge is 2.20. The molecule has 2 aliphatic heterocycles. The number of ether oxygens (including phenoxy) is 1. The van der Waals surface area contributed by atoms with Gasteiger partial charge in [0.15, 0.2) is 5.82 Å². The van der Waals surface area contributed by atoms with Gasteiger partial charge in [-0.15, -0.1) is 0 Å². The van der Waals surface area contributed by atoms with Crippen LogP contribution in [0.15, 0.2) is 36.7 Å². The van der Waals surface area contributed by atoms with E-state index >= 15 is 4.39 Å². The van der Waals surface area contributed by atoms with Gasteiger partial charge in [-0.05, 0) is 36.1 Å². The lowest BCUT2D eigenvalue weighted by molar-refractivity contribution is -0.121. The normalized spacial score (nSPS) is 14.9. The first-order chi connectivity index (χ1) is 16.5. The molecule has 0 radical (unpaired) electrons. The van der Waals surface area contributed by atoms with Gasteiger partial charge in [-0.1, -0.05) is 0 Å². The summed E-state index contributed by atoms with van der Waals surface area (Å²) in [5.41, 5.74) is 3.83. The number of anilines is 3. The van der Waals surface area contributed by atoms with Gasteiger partial charge in [0.2, 0.25) is 11.8 Å². The molecule has 0 spiro atoms. The zero-order valence-corrected chi connectivity index (χ0v) is 18.5. The van der Waals surface area contributed by atoms with Crippen molar-refractivity contribution in [2.24, 2.45) is 0 Å². The summed E-state index contributed by atoms with van der Waals surface area (Å²) >= 11 is 0. The highest BCUT2D eigenvalue weighted by molar-refractivity contribution is 5.90. The second-order valence-corrected chi connectivity index (χ2v) is 8.40. The van der Waals surface area contributed by atoms with E-state index in [4.69, 9.17) is 4.74 Å². The fraction of sp³-hybridized carbons (Fsp3) is 0.250. The summed E-state index contributed by atoms with van der Waals surface area (Å²) in [5.74, 6) is 1.34. The van der Waals surface area contributed by atoms with E-state index in [-0.39, 0.29) is 18.3 Å². The van der Waals surface area contributed by atoms with E-state index in [1.807, 2.05) is 25.1 Å². The first-order valence-corrected chi connectivity index (χ1v) is 11.1. The molecule has 6 rings (SSSR count). The monoisotopic (exact) mass is 459 g/mol. The molecule has 0 bridgehead atoms. The van der Waals surface area contributed by atoms with E-state index < -0.39 is 0 Å². The molecule has 0 fully saturated rings. The van der Waals surface area contributed by atoms with Crippen LogP contribution in [0.2, 0.25) is 0 Å². The van der Waals surface area contributed by atoms with Crippen molar-refractivity contribution in [3.63, 3.8) is 0 Å². The quantitative estimate of drug-likeness (QED) is 0.432. The molecule has 34 heavy (non-hydrogen) atoms. The van der Waals surface area contributed by atoms with Crippen molar-refractivity contribution in [3.8, 4) is 17.0 Å². The third-order valence-electron chi connectivity index (χ3n) is 6.16. The Hall–Kier alpha value is -4.21. The standard InChI is InChI=1S/C24H22FN7O2/c1-13-18(11-29-24-23(13)27-4-5-34-24)17-6-14-8-20(28-10-15(14)7-19(17)25)30-21-9-16-2-3-26-22(33)12-32(16)31-21/h6-11,27H,2-5,12H2,1H3,(H,26,33)(H,28,30,31). The van der Waals surface area contributed by atoms with Gasteiger partial charge in [-0.3, -0.25) is 9.48 Å². The van der Waals surface area contributed by atoms with Crippen LogP contribution in [0.1, 0.15) is 11.3 Å². The Balaban J connectivity index is 1.35. The molecular weight excluding hydrogens is 437 g/mol. The molecular formula is C24H22FN7O2. The van der Waals surface area contributed by atoms with Gasteiger partial charge in [0.25, 0.3) is 0 Å². The minimum Gasteiger partial charge on any atom is -0.474 e. The van der Waals surface area contributed by atoms with Crippen LogP contribution < -0.4 is 20.7 Å². The zero-order valence-electron chi connectivity index (χ0n) is 18.5. The summed E-state index contributed by atoms with van der Waals surface area (Å²) in [4.78, 5) is 20.6. The lowest BCUT2D eigenvalue weighted by atomic mass is 9.98. The molecule has 0 unspecified atom stereocenters. The number of benzene rings is 1. The Kier molecular flexibility index (Phi) is 4.79. The number of amides is 1. The summed E-state index contributed by atoms with van der Waals surface area (Å²) in [5, 5.41) is 15.3. The molecule has 172 valence electrons. The smallest absolute Gasteiger partial charge is 0.241 e. The van der Waals surface area contributed by atoms with Crippen molar-refractivity contribution in [2.45, 2.75) is 19.9 Å². The number of halogens is 1. The molecule has 0 aliphatic carbocycles. The van der Waals surface area contributed by atoms with E-state index in [0.717, 1.165) is 22.3 Å². The van der Waals surface area contributed by atoms with Gasteiger partial charge in [-0.2, -0.15) is 5.10 Å². The fourth-order valence-corrected chi connectivity index (χ4v) is 4.44. The average Bonchev–Trinajstić information content (AvgIpc) is 3.11. The van der Waals surface area contributed by atoms with E-state index in [2.05, 4.69) is 31.0 Å². The van der Waals surface area contributed by atoms with Crippen LogP contribution in [-0.4, -0.2) is 45.4 Å². The highest BCUT2D eigenvalue weighted by atomic mass is 19.1. The topological polar surface area (TPSA) is 106 Å². The van der Waals surface area contributed by atoms with Crippen LogP contribution in [0.4, 0.5) is 21.7 Å². The van der Waals surface area contributed by atoms with Crippen molar-refractivity contribution < 1.29 is 13.9 Å². The molecule has 2 aliphatic rings. The predicted octanol–water partition coefficient (Wildman–Crippen LogP) is 3.16. The summed E-state index contributed by atoms with van der Waals surface area (Å²) < 4.78 is 22.4. The number of hydrogen-bond acceptors (Lipinski definition) is 7. The largest absolute Gasteiger partial charge is 0.474 e. The van der Waals surface area contributed by atoms with Crippen molar-refractivity contribution in [1.29, 1.82) is 0 Å². The molecule has 3 N–H and O–H groups in total. The second-order valence-electron chi connectivity index (χ2n) is 8.40. The van der Waals surface area contributed by atoms with Crippen LogP contribution >= 0.6 is 0 Å². The van der Waals surface area contributed by atoms with Crippen LogP contribution in [0.25, 0.3) is 21.9 Å². The number of nitrogens with zero attached hydrogens (tertiary/aromatic N) is 4. The number of nitrogens with one attached hydrogen (secondary N) is 3. The lowest BCUT2D eigenvalue weighted by Crippen LogP contribution is -2.25. The van der Waals surface area contributed by atoms with E-state index in [1.54, 1.807) is 17.1 Å². The summed E-state index contributed by atoms with van der Waals surface area (Å²) in [6, 6.07) is 7.07. The van der Waals surface area contributed by atoms with Gasteiger partial charge in [0, 0.05) is 60.2 Å². The lowest BCUT2D eigenvalue weighted by Gasteiger charge is -2.21. The number of aromatic nitrogens is 4. The second kappa shape index (κ2) is 7.98. The minimum absolute atomic E-state index is 0.0551. The van der Waals surface area contributed by atoms with Crippen LogP contribution in [-0.2, 0) is 17.8 Å². The predicted molar refractivity (Wildman–Crippen MR) is 126 cm³/mol. The van der Waals surface area contributed by atoms with Crippen LogP contribution in [0.5, 0.6) is 5.88 Å². The van der Waals surface area contributed by atoms with E-state index in [0.29, 0.717) is 60.1 Å². The number of fused-ring (bicyclic) bond motifs is 3. The fourth-order valence-electron chi connectivity index (χ4n) is 4.44. The summed E-state index contributed by atoms with van der Waals surface area (Å²) in [6.45, 7) is 3.95. The van der Waals surface area contributed by atoms with E-state index in [1.165, 1.54) is 6.07 Å². The Morgan fingerprint density at radius 2 is 1.94 bits per heavy atom. The molecule has 0 saturated heterocycles. The average molecular weight is 459 g/mol. The number of rotatable bonds is 3. The molecule has 1 aromatic carbocycles. The van der Waals surface area contributed by atoms with Gasteiger partial charge < -0.3 is 20.7 Å². The molecule has 10 heteroatoms. The molecule has 4 aromatic rings. The number of carbonyl (C=O) groups is 1. The maximum Gasteiger partial charge on any atom is 0.241 e. The molecule has 9 nitrogen and oxygen atoms in total. The molecule has 3 aromatic heterocycles. The van der Waals surface area contributed by atoms with Gasteiger partial charge >= 0.3 is 0 Å². The Bertz CT molecular complexity index is 1450. The Morgan fingerprint density at radius 3 is 2.85 bits per heavy atom. The number of carbonyl (C=O) groups excluding carboxylic acids is 1. The maximum atomic E-state index is 15.1. The van der Waals surface area contributed by atoms with Crippen molar-refractivity contribution in [3.05, 3.63) is 53.7 Å². The van der Waals surface area contributed by atoms with E-state index in [9.17, 15) is 4.79 Å². The van der Waals surface area contributed by atoms with Crippen molar-refractivity contribution in [2.75, 3.05) is 30.3 Å². The summed E-state index contributed by atoms with van der Waals surface area (Å²) in [7, 11) is 0. The van der Waals surface area contributed by atoms with Crippen LogP contribution in [0.3, 0.4) is 0 Å². The minimum atomic E-state index is -0.340. The summed E-state index contributed by atoms with van der Waals surface area (Å²) in [6.07, 6.45) is 3.99. The number of pyridine rings is 2. The highest BCUT2D eigenvalue weighted by Crippen LogP contribution is 2.37. The molecule has 1 amide bonds. The van der Waals surface area contributed by atoms with Gasteiger partial charge in [0.05, 0.1) is 0 Å². The Morgan fingerprint density at radius 1 is 1.03 bits per heavy atom. The maximum absolute atomic E-state index is 15.1. The van der Waals surface area contributed by atoms with Crippen molar-refractivity contribution >= 4 is 34.0 Å². The third kappa shape index (κ3) is 3.57. The van der Waals surface area contributed by atoms with Gasteiger partial charge in [0.1, 0.15) is 30.5 Å². The Labute approximate surface area is 194 Å². The SMILES string of the molecule is Cc1c(-c2cc3cc(Nc4cc5n(n4)CC(=O)NCC5)ncc3cc2F)cnc2c1NCCO2. The third-order valence-corrected chi connectivity index (χ3v) is 6.16. The number of hydrogen-bond donors (Lipinski definition) is 3. The molecule has 0 saturated carbocycles. The zero-order chi connectivity index (χ0) is 23.2. The van der Waals surface area contributed by atoms with Crippen molar-refractivity contribution in [1.82, 2.24) is 25.1 Å². The van der Waals surface area contributed by atoms with Crippen LogP contribution in [0, 0.1) is 12.7 Å².